The molecule has 1 aromatic heterocycles. The van der Waals surface area contributed by atoms with Gasteiger partial charge < -0.3 is 9.26 Å². The van der Waals surface area contributed by atoms with E-state index in [0.29, 0.717) is 0 Å². The number of fused-ring (bicyclic) bond motifs is 1. The molecule has 0 saturated heterocycles. The number of aryl methyl sites for hydroxylation is 1. The maximum absolute atomic E-state index is 5.47. The van der Waals surface area contributed by atoms with Crippen molar-refractivity contribution in [2.24, 2.45) is 0 Å². The maximum atomic E-state index is 5.47. The van der Waals surface area contributed by atoms with Crippen molar-refractivity contribution in [1.82, 2.24) is 5.16 Å². The molecule has 0 N–H and O–H groups in total. The van der Waals surface area contributed by atoms with Crippen molar-refractivity contribution in [2.75, 3.05) is 12.4 Å². The summed E-state index contributed by atoms with van der Waals surface area (Å²) in [6.07, 6.45) is 1.92. The SMILES string of the molecule is CCc1onc2cc(C(CCBr)OC)ccc12. The van der Waals surface area contributed by atoms with Crippen molar-refractivity contribution >= 4 is 26.8 Å². The van der Waals surface area contributed by atoms with Gasteiger partial charge in [0.15, 0.2) is 0 Å². The number of methoxy groups -OCH3 is 1. The van der Waals surface area contributed by atoms with E-state index in [1.165, 1.54) is 0 Å². The molecule has 0 aliphatic heterocycles. The highest BCUT2D eigenvalue weighted by atomic mass is 79.9. The predicted molar refractivity (Wildman–Crippen MR) is 71.5 cm³/mol. The summed E-state index contributed by atoms with van der Waals surface area (Å²) < 4.78 is 10.8. The number of hydrogen-bond donors (Lipinski definition) is 0. The molecular formula is C13H16BrNO2. The second-order valence-corrected chi connectivity index (χ2v) is 4.73. The summed E-state index contributed by atoms with van der Waals surface area (Å²) in [6, 6.07) is 6.21. The molecule has 0 spiro atoms. The Labute approximate surface area is 109 Å². The van der Waals surface area contributed by atoms with Crippen LogP contribution in [0.25, 0.3) is 10.9 Å². The molecule has 4 heteroatoms. The lowest BCUT2D eigenvalue weighted by molar-refractivity contribution is 0.101. The lowest BCUT2D eigenvalue weighted by atomic mass is 10.0. The van der Waals surface area contributed by atoms with E-state index in [1.54, 1.807) is 7.11 Å². The van der Waals surface area contributed by atoms with Gasteiger partial charge in [-0.25, -0.2) is 0 Å². The number of hydrogen-bond acceptors (Lipinski definition) is 3. The Hall–Kier alpha value is -0.870. The van der Waals surface area contributed by atoms with Gasteiger partial charge in [0.2, 0.25) is 0 Å². The van der Waals surface area contributed by atoms with E-state index >= 15 is 0 Å². The zero-order valence-corrected chi connectivity index (χ0v) is 11.7. The van der Waals surface area contributed by atoms with Crippen LogP contribution in [0.5, 0.6) is 0 Å². The van der Waals surface area contributed by atoms with Crippen LogP contribution < -0.4 is 0 Å². The topological polar surface area (TPSA) is 35.3 Å². The van der Waals surface area contributed by atoms with Crippen molar-refractivity contribution in [2.45, 2.75) is 25.9 Å². The predicted octanol–water partition coefficient (Wildman–Crippen LogP) is 3.86. The van der Waals surface area contributed by atoms with E-state index in [4.69, 9.17) is 9.26 Å². The molecule has 0 aliphatic carbocycles. The normalized spacial score (nSPS) is 13.1. The van der Waals surface area contributed by atoms with E-state index in [-0.39, 0.29) is 6.10 Å². The second kappa shape index (κ2) is 5.65. The molecule has 92 valence electrons. The molecule has 0 saturated carbocycles. The van der Waals surface area contributed by atoms with Crippen LogP contribution >= 0.6 is 15.9 Å². The number of benzene rings is 1. The Bertz CT molecular complexity index is 495. The summed E-state index contributed by atoms with van der Waals surface area (Å²) in [5.41, 5.74) is 2.06. The number of aromatic nitrogens is 1. The molecular weight excluding hydrogens is 282 g/mol. The molecule has 1 aromatic carbocycles. The van der Waals surface area contributed by atoms with E-state index < -0.39 is 0 Å². The second-order valence-electron chi connectivity index (χ2n) is 3.94. The number of rotatable bonds is 5. The van der Waals surface area contributed by atoms with Crippen molar-refractivity contribution in [3.8, 4) is 0 Å². The summed E-state index contributed by atoms with van der Waals surface area (Å²) in [6.45, 7) is 2.07. The minimum atomic E-state index is 0.112. The van der Waals surface area contributed by atoms with Gasteiger partial charge in [-0.1, -0.05) is 34.1 Å². The lowest BCUT2D eigenvalue weighted by Gasteiger charge is -2.13. The van der Waals surface area contributed by atoms with Gasteiger partial charge in [0.25, 0.3) is 0 Å². The third kappa shape index (κ3) is 2.53. The van der Waals surface area contributed by atoms with Crippen LogP contribution in [0.3, 0.4) is 0 Å². The Balaban J connectivity index is 2.37. The standard InChI is InChI=1S/C13H16BrNO2/c1-3-12-10-5-4-9(8-11(10)15-17-12)13(16-2)6-7-14/h4-5,8,13H,3,6-7H2,1-2H3. The number of halogens is 1. The number of alkyl halides is 1. The van der Waals surface area contributed by atoms with Crippen LogP contribution in [0.15, 0.2) is 22.7 Å². The fourth-order valence-electron chi connectivity index (χ4n) is 1.99. The summed E-state index contributed by atoms with van der Waals surface area (Å²) in [4.78, 5) is 0. The van der Waals surface area contributed by atoms with Crippen molar-refractivity contribution in [3.05, 3.63) is 29.5 Å². The Kier molecular flexibility index (Phi) is 4.18. The highest BCUT2D eigenvalue weighted by Gasteiger charge is 2.13. The first-order valence-corrected chi connectivity index (χ1v) is 6.89. The fourth-order valence-corrected chi connectivity index (χ4v) is 2.40. The molecule has 0 bridgehead atoms. The van der Waals surface area contributed by atoms with E-state index in [9.17, 15) is 0 Å². The van der Waals surface area contributed by atoms with Crippen LogP contribution in [0, 0.1) is 0 Å². The largest absolute Gasteiger partial charge is 0.377 e. The summed E-state index contributed by atoms with van der Waals surface area (Å²) in [5, 5.41) is 6.11. The van der Waals surface area contributed by atoms with Crippen molar-refractivity contribution in [3.63, 3.8) is 0 Å². The van der Waals surface area contributed by atoms with E-state index in [1.807, 2.05) is 0 Å². The fraction of sp³-hybridized carbons (Fsp3) is 0.462. The lowest BCUT2D eigenvalue weighted by Crippen LogP contribution is -2.01. The third-order valence-corrected chi connectivity index (χ3v) is 3.38. The first kappa shape index (κ1) is 12.6. The summed E-state index contributed by atoms with van der Waals surface area (Å²) in [7, 11) is 1.73. The summed E-state index contributed by atoms with van der Waals surface area (Å²) in [5.74, 6) is 0.945. The highest BCUT2D eigenvalue weighted by molar-refractivity contribution is 9.09. The smallest absolute Gasteiger partial charge is 0.144 e. The molecule has 2 aromatic rings. The molecule has 1 unspecified atom stereocenters. The van der Waals surface area contributed by atoms with Gasteiger partial charge in [0.05, 0.1) is 6.10 Å². The average Bonchev–Trinajstić information content (AvgIpc) is 2.77. The third-order valence-electron chi connectivity index (χ3n) is 2.93. The average molecular weight is 298 g/mol. The van der Waals surface area contributed by atoms with Crippen LogP contribution in [0.4, 0.5) is 0 Å². The first-order chi connectivity index (χ1) is 8.30. The molecule has 0 amide bonds. The molecule has 1 atom stereocenters. The van der Waals surface area contributed by atoms with Gasteiger partial charge in [-0.2, -0.15) is 0 Å². The van der Waals surface area contributed by atoms with E-state index in [0.717, 1.165) is 40.4 Å². The molecule has 0 aliphatic rings. The van der Waals surface area contributed by atoms with Gasteiger partial charge in [-0.3, -0.25) is 0 Å². The van der Waals surface area contributed by atoms with Crippen LogP contribution in [-0.2, 0) is 11.2 Å². The van der Waals surface area contributed by atoms with Crippen LogP contribution in [0.1, 0.15) is 30.8 Å². The number of nitrogens with zero attached hydrogens (tertiary/aromatic N) is 1. The number of ether oxygens (including phenoxy) is 1. The van der Waals surface area contributed by atoms with Gasteiger partial charge in [-0.05, 0) is 24.1 Å². The first-order valence-electron chi connectivity index (χ1n) is 5.77. The zero-order valence-electron chi connectivity index (χ0n) is 10.1. The quantitative estimate of drug-likeness (QED) is 0.786. The van der Waals surface area contributed by atoms with Crippen molar-refractivity contribution < 1.29 is 9.26 Å². The van der Waals surface area contributed by atoms with Crippen molar-refractivity contribution in [1.29, 1.82) is 0 Å². The molecule has 3 nitrogen and oxygen atoms in total. The van der Waals surface area contributed by atoms with Gasteiger partial charge in [0.1, 0.15) is 11.3 Å². The zero-order chi connectivity index (χ0) is 12.3. The monoisotopic (exact) mass is 297 g/mol. The van der Waals surface area contributed by atoms with E-state index in [2.05, 4.69) is 46.2 Å². The Morgan fingerprint density at radius 1 is 1.47 bits per heavy atom. The van der Waals surface area contributed by atoms with Gasteiger partial charge in [0, 0.05) is 24.2 Å². The minimum Gasteiger partial charge on any atom is -0.377 e. The molecule has 0 fully saturated rings. The Morgan fingerprint density at radius 2 is 2.29 bits per heavy atom. The molecule has 17 heavy (non-hydrogen) atoms. The minimum absolute atomic E-state index is 0.112. The molecule has 1 heterocycles. The summed E-state index contributed by atoms with van der Waals surface area (Å²) >= 11 is 3.44. The van der Waals surface area contributed by atoms with Crippen LogP contribution in [0.2, 0.25) is 0 Å². The Morgan fingerprint density at radius 3 is 2.94 bits per heavy atom. The van der Waals surface area contributed by atoms with Crippen LogP contribution in [-0.4, -0.2) is 17.6 Å². The highest BCUT2D eigenvalue weighted by Crippen LogP contribution is 2.26. The molecule has 2 rings (SSSR count). The van der Waals surface area contributed by atoms with Gasteiger partial charge >= 0.3 is 0 Å². The molecule has 0 radical (unpaired) electrons. The maximum Gasteiger partial charge on any atom is 0.144 e. The van der Waals surface area contributed by atoms with Gasteiger partial charge in [-0.15, -0.1) is 0 Å².